The average molecular weight is 201 g/mol. The summed E-state index contributed by atoms with van der Waals surface area (Å²) in [5.74, 6) is 0.467. The second-order valence-corrected chi connectivity index (χ2v) is 2.87. The third-order valence-corrected chi connectivity index (χ3v) is 2.02. The van der Waals surface area contributed by atoms with Gasteiger partial charge in [0.15, 0.2) is 6.29 Å². The van der Waals surface area contributed by atoms with E-state index in [-0.39, 0.29) is 6.61 Å². The van der Waals surface area contributed by atoms with Gasteiger partial charge in [-0.25, -0.2) is 0 Å². The molecule has 4 heteroatoms. The fourth-order valence-corrected chi connectivity index (χ4v) is 1.25. The molecule has 0 aliphatic heterocycles. The number of hydrogen-bond donors (Lipinski definition) is 1. The van der Waals surface area contributed by atoms with Gasteiger partial charge >= 0.3 is 0 Å². The lowest BCUT2D eigenvalue weighted by Crippen LogP contribution is -1.94. The van der Waals surface area contributed by atoms with Crippen molar-refractivity contribution in [2.45, 2.75) is 6.61 Å². The first-order chi connectivity index (χ1) is 6.22. The maximum Gasteiger partial charge on any atom is 0.151 e. The van der Waals surface area contributed by atoms with Crippen LogP contribution in [0.2, 0.25) is 5.02 Å². The molecule has 0 unspecified atom stereocenters. The minimum atomic E-state index is -0.165. The molecule has 0 fully saturated rings. The highest BCUT2D eigenvalue weighted by atomic mass is 35.5. The Labute approximate surface area is 80.9 Å². The summed E-state index contributed by atoms with van der Waals surface area (Å²) in [7, 11) is 1.47. The van der Waals surface area contributed by atoms with Crippen LogP contribution in [0.3, 0.4) is 0 Å². The van der Waals surface area contributed by atoms with Gasteiger partial charge in [-0.15, -0.1) is 0 Å². The Morgan fingerprint density at radius 3 is 2.77 bits per heavy atom. The van der Waals surface area contributed by atoms with E-state index in [1.165, 1.54) is 19.2 Å². The van der Waals surface area contributed by atoms with Crippen molar-refractivity contribution in [3.8, 4) is 5.75 Å². The molecule has 0 amide bonds. The number of carbonyl (C=O) groups is 1. The van der Waals surface area contributed by atoms with E-state index in [0.29, 0.717) is 28.2 Å². The summed E-state index contributed by atoms with van der Waals surface area (Å²) in [6.07, 6.45) is 0.645. The molecule has 70 valence electrons. The number of halogens is 1. The van der Waals surface area contributed by atoms with E-state index in [0.717, 1.165) is 0 Å². The lowest BCUT2D eigenvalue weighted by molar-refractivity contribution is 0.112. The Hall–Kier alpha value is -1.06. The van der Waals surface area contributed by atoms with E-state index < -0.39 is 0 Å². The minimum absolute atomic E-state index is 0.165. The number of rotatable bonds is 3. The Morgan fingerprint density at radius 2 is 2.31 bits per heavy atom. The third kappa shape index (κ3) is 1.99. The van der Waals surface area contributed by atoms with Gasteiger partial charge in [-0.2, -0.15) is 0 Å². The molecule has 0 saturated carbocycles. The average Bonchev–Trinajstić information content (AvgIpc) is 2.17. The molecule has 0 aliphatic rings. The van der Waals surface area contributed by atoms with Crippen molar-refractivity contribution in [3.05, 3.63) is 28.3 Å². The van der Waals surface area contributed by atoms with Crippen LogP contribution in [0.4, 0.5) is 0 Å². The lowest BCUT2D eigenvalue weighted by atomic mass is 10.1. The van der Waals surface area contributed by atoms with E-state index in [1.54, 1.807) is 0 Å². The molecular formula is C9H9ClO3. The Kier molecular flexibility index (Phi) is 3.28. The van der Waals surface area contributed by atoms with Crippen LogP contribution in [0.15, 0.2) is 12.1 Å². The van der Waals surface area contributed by atoms with Gasteiger partial charge in [0.1, 0.15) is 5.75 Å². The van der Waals surface area contributed by atoms with Crippen LogP contribution in [0, 0.1) is 0 Å². The van der Waals surface area contributed by atoms with Gasteiger partial charge in [-0.05, 0) is 12.1 Å². The zero-order valence-corrected chi connectivity index (χ0v) is 7.84. The molecule has 0 atom stereocenters. The van der Waals surface area contributed by atoms with Crippen molar-refractivity contribution in [2.24, 2.45) is 0 Å². The number of methoxy groups -OCH3 is 1. The second-order valence-electron chi connectivity index (χ2n) is 2.46. The predicted molar refractivity (Wildman–Crippen MR) is 49.3 cm³/mol. The van der Waals surface area contributed by atoms with Crippen molar-refractivity contribution < 1.29 is 14.6 Å². The zero-order valence-electron chi connectivity index (χ0n) is 7.08. The fraction of sp³-hybridized carbons (Fsp3) is 0.222. The molecule has 0 aromatic heterocycles. The van der Waals surface area contributed by atoms with Gasteiger partial charge in [0, 0.05) is 11.1 Å². The second kappa shape index (κ2) is 4.25. The van der Waals surface area contributed by atoms with Gasteiger partial charge < -0.3 is 9.84 Å². The first-order valence-corrected chi connectivity index (χ1v) is 4.03. The van der Waals surface area contributed by atoms with Crippen LogP contribution in [0.1, 0.15) is 15.9 Å². The van der Waals surface area contributed by atoms with Gasteiger partial charge in [-0.3, -0.25) is 4.79 Å². The van der Waals surface area contributed by atoms with Gasteiger partial charge in [0.2, 0.25) is 0 Å². The SMILES string of the molecule is COc1cc(C=O)c(Cl)cc1CO. The summed E-state index contributed by atoms with van der Waals surface area (Å²) in [6, 6.07) is 3.02. The molecule has 1 N–H and O–H groups in total. The third-order valence-electron chi connectivity index (χ3n) is 1.70. The maximum absolute atomic E-state index is 10.5. The number of hydrogen-bond acceptors (Lipinski definition) is 3. The summed E-state index contributed by atoms with van der Waals surface area (Å²) in [5, 5.41) is 9.23. The van der Waals surface area contributed by atoms with Crippen molar-refractivity contribution in [1.82, 2.24) is 0 Å². The van der Waals surface area contributed by atoms with Crippen LogP contribution < -0.4 is 4.74 Å². The first-order valence-electron chi connectivity index (χ1n) is 3.65. The topological polar surface area (TPSA) is 46.5 Å². The molecule has 0 spiro atoms. The molecule has 0 saturated heterocycles. The number of aliphatic hydroxyl groups excluding tert-OH is 1. The smallest absolute Gasteiger partial charge is 0.151 e. The van der Waals surface area contributed by atoms with Crippen LogP contribution in [0.25, 0.3) is 0 Å². The summed E-state index contributed by atoms with van der Waals surface area (Å²) in [4.78, 5) is 10.5. The minimum Gasteiger partial charge on any atom is -0.496 e. The fourth-order valence-electron chi connectivity index (χ4n) is 1.01. The molecule has 0 heterocycles. The molecule has 0 bridgehead atoms. The Balaban J connectivity index is 3.26. The molecule has 0 aliphatic carbocycles. The molecule has 3 nitrogen and oxygen atoms in total. The normalized spacial score (nSPS) is 9.77. The largest absolute Gasteiger partial charge is 0.496 e. The summed E-state index contributed by atoms with van der Waals surface area (Å²) in [5.41, 5.74) is 0.925. The Bertz CT molecular complexity index is 323. The van der Waals surface area contributed by atoms with E-state index in [1.807, 2.05) is 0 Å². The molecule has 1 aromatic carbocycles. The number of ether oxygens (including phenoxy) is 1. The molecule has 13 heavy (non-hydrogen) atoms. The number of benzene rings is 1. The molecule has 1 aromatic rings. The summed E-state index contributed by atoms with van der Waals surface area (Å²) >= 11 is 5.74. The van der Waals surface area contributed by atoms with E-state index in [9.17, 15) is 4.79 Å². The monoisotopic (exact) mass is 200 g/mol. The highest BCUT2D eigenvalue weighted by molar-refractivity contribution is 6.33. The number of carbonyl (C=O) groups excluding carboxylic acids is 1. The zero-order chi connectivity index (χ0) is 9.84. The van der Waals surface area contributed by atoms with E-state index in [2.05, 4.69) is 0 Å². The van der Waals surface area contributed by atoms with Crippen molar-refractivity contribution in [3.63, 3.8) is 0 Å². The first kappa shape index (κ1) is 10.0. The highest BCUT2D eigenvalue weighted by Crippen LogP contribution is 2.25. The van der Waals surface area contributed by atoms with Crippen LogP contribution in [0.5, 0.6) is 5.75 Å². The molecule has 1 rings (SSSR count). The van der Waals surface area contributed by atoms with E-state index >= 15 is 0 Å². The van der Waals surface area contributed by atoms with Gasteiger partial charge in [0.25, 0.3) is 0 Å². The maximum atomic E-state index is 10.5. The standard InChI is InChI=1S/C9H9ClO3/c1-13-9-3-6(4-11)8(10)2-7(9)5-12/h2-4,12H,5H2,1H3. The van der Waals surface area contributed by atoms with Crippen LogP contribution in [-0.2, 0) is 6.61 Å². The Morgan fingerprint density at radius 1 is 1.62 bits per heavy atom. The van der Waals surface area contributed by atoms with E-state index in [4.69, 9.17) is 21.4 Å². The molecule has 0 radical (unpaired) electrons. The van der Waals surface area contributed by atoms with Crippen LogP contribution >= 0.6 is 11.6 Å². The quantitative estimate of drug-likeness (QED) is 0.755. The van der Waals surface area contributed by atoms with Gasteiger partial charge in [-0.1, -0.05) is 11.6 Å². The molecular weight excluding hydrogens is 192 g/mol. The lowest BCUT2D eigenvalue weighted by Gasteiger charge is -2.07. The number of aliphatic hydroxyl groups is 1. The van der Waals surface area contributed by atoms with Gasteiger partial charge in [0.05, 0.1) is 18.7 Å². The van der Waals surface area contributed by atoms with Crippen molar-refractivity contribution >= 4 is 17.9 Å². The number of aldehydes is 1. The van der Waals surface area contributed by atoms with Crippen molar-refractivity contribution in [2.75, 3.05) is 7.11 Å². The summed E-state index contributed by atoms with van der Waals surface area (Å²) < 4.78 is 4.96. The highest BCUT2D eigenvalue weighted by Gasteiger charge is 2.07. The summed E-state index contributed by atoms with van der Waals surface area (Å²) in [6.45, 7) is -0.165. The van der Waals surface area contributed by atoms with Crippen LogP contribution in [-0.4, -0.2) is 18.5 Å². The predicted octanol–water partition coefficient (Wildman–Crippen LogP) is 1.65. The van der Waals surface area contributed by atoms with Crippen molar-refractivity contribution in [1.29, 1.82) is 0 Å².